The molecule has 1 aromatic carbocycles. The Kier molecular flexibility index (Phi) is 3.45. The largest absolute Gasteiger partial charge is 0.467 e. The summed E-state index contributed by atoms with van der Waals surface area (Å²) in [6.07, 6.45) is 3.32. The number of hydrogen-bond acceptors (Lipinski definition) is 4. The summed E-state index contributed by atoms with van der Waals surface area (Å²) < 4.78 is 7.02. The molecule has 3 heterocycles. The second-order valence-electron chi connectivity index (χ2n) is 6.03. The van der Waals surface area contributed by atoms with Gasteiger partial charge in [-0.05, 0) is 43.7 Å². The Bertz CT molecular complexity index is 973. The minimum Gasteiger partial charge on any atom is -0.467 e. The van der Waals surface area contributed by atoms with Crippen molar-refractivity contribution in [1.82, 2.24) is 14.9 Å². The summed E-state index contributed by atoms with van der Waals surface area (Å²) in [6, 6.07) is 8.39. The van der Waals surface area contributed by atoms with E-state index in [0.29, 0.717) is 22.2 Å². The van der Waals surface area contributed by atoms with Gasteiger partial charge >= 0.3 is 0 Å². The van der Waals surface area contributed by atoms with E-state index in [4.69, 9.17) is 4.42 Å². The predicted octanol–water partition coefficient (Wildman–Crippen LogP) is 2.43. The van der Waals surface area contributed by atoms with Crippen LogP contribution in [0.1, 0.15) is 41.3 Å². The van der Waals surface area contributed by atoms with Crippen molar-refractivity contribution in [2.24, 2.45) is 0 Å². The molecule has 1 aliphatic rings. The van der Waals surface area contributed by atoms with Gasteiger partial charge in [0.1, 0.15) is 11.6 Å². The lowest BCUT2D eigenvalue weighted by molar-refractivity contribution is 0.0935. The molecule has 1 amide bonds. The van der Waals surface area contributed by atoms with E-state index in [1.54, 1.807) is 35.1 Å². The zero-order chi connectivity index (χ0) is 16.7. The highest BCUT2D eigenvalue weighted by Gasteiger charge is 2.18. The Morgan fingerprint density at radius 1 is 1.38 bits per heavy atom. The molecule has 0 spiro atoms. The number of benzene rings is 1. The van der Waals surface area contributed by atoms with Gasteiger partial charge < -0.3 is 9.73 Å². The van der Waals surface area contributed by atoms with E-state index in [-0.39, 0.29) is 17.5 Å². The number of amides is 1. The Labute approximate surface area is 138 Å². The molecule has 1 unspecified atom stereocenters. The fourth-order valence-electron chi connectivity index (χ4n) is 3.11. The molecule has 1 N–H and O–H groups in total. The average molecular weight is 323 g/mol. The molecule has 6 nitrogen and oxygen atoms in total. The van der Waals surface area contributed by atoms with Gasteiger partial charge in [-0.2, -0.15) is 0 Å². The third-order valence-corrected chi connectivity index (χ3v) is 4.40. The van der Waals surface area contributed by atoms with Crippen molar-refractivity contribution < 1.29 is 9.21 Å². The molecule has 4 rings (SSSR count). The molecule has 3 aromatic rings. The van der Waals surface area contributed by atoms with Crippen molar-refractivity contribution in [1.29, 1.82) is 0 Å². The summed E-state index contributed by atoms with van der Waals surface area (Å²) in [4.78, 5) is 29.4. The van der Waals surface area contributed by atoms with Crippen molar-refractivity contribution in [2.75, 3.05) is 0 Å². The van der Waals surface area contributed by atoms with E-state index < -0.39 is 0 Å². The lowest BCUT2D eigenvalue weighted by Crippen LogP contribution is -2.26. The topological polar surface area (TPSA) is 77.1 Å². The zero-order valence-corrected chi connectivity index (χ0v) is 13.3. The Morgan fingerprint density at radius 2 is 2.25 bits per heavy atom. The number of furan rings is 1. The van der Waals surface area contributed by atoms with Crippen molar-refractivity contribution in [3.63, 3.8) is 0 Å². The van der Waals surface area contributed by atoms with Gasteiger partial charge in [0.2, 0.25) is 0 Å². The summed E-state index contributed by atoms with van der Waals surface area (Å²) in [5.41, 5.74) is 1.03. The molecule has 1 atom stereocenters. The molecule has 0 aliphatic carbocycles. The smallest absolute Gasteiger partial charge is 0.261 e. The molecule has 2 aromatic heterocycles. The molecular formula is C18H17N3O3. The fraction of sp³-hybridized carbons (Fsp3) is 0.278. The normalized spacial score (nSPS) is 14.5. The molecule has 0 saturated carbocycles. The summed E-state index contributed by atoms with van der Waals surface area (Å²) >= 11 is 0. The van der Waals surface area contributed by atoms with Crippen LogP contribution in [0.4, 0.5) is 0 Å². The first-order valence-electron chi connectivity index (χ1n) is 8.01. The SMILES string of the molecule is CC(NC(=O)c1ccc2c(=O)n3c(nc2c1)CCC3)c1ccco1. The van der Waals surface area contributed by atoms with Crippen molar-refractivity contribution in [3.05, 3.63) is 64.1 Å². The van der Waals surface area contributed by atoms with Crippen molar-refractivity contribution in [3.8, 4) is 0 Å². The molecule has 0 fully saturated rings. The lowest BCUT2D eigenvalue weighted by Gasteiger charge is -2.12. The van der Waals surface area contributed by atoms with Gasteiger partial charge in [0.05, 0.1) is 23.2 Å². The van der Waals surface area contributed by atoms with Gasteiger partial charge in [0.15, 0.2) is 0 Å². The molecule has 0 radical (unpaired) electrons. The van der Waals surface area contributed by atoms with Crippen LogP contribution in [0.25, 0.3) is 10.9 Å². The third kappa shape index (κ3) is 2.40. The zero-order valence-electron chi connectivity index (χ0n) is 13.3. The van der Waals surface area contributed by atoms with Crippen LogP contribution in [0.15, 0.2) is 45.8 Å². The first-order valence-corrected chi connectivity index (χ1v) is 8.01. The minimum atomic E-state index is -0.234. The molecule has 0 saturated heterocycles. The first kappa shape index (κ1) is 14.7. The van der Waals surface area contributed by atoms with Crippen molar-refractivity contribution in [2.45, 2.75) is 32.4 Å². The Balaban J connectivity index is 1.66. The highest BCUT2D eigenvalue weighted by molar-refractivity contribution is 5.97. The summed E-state index contributed by atoms with van der Waals surface area (Å²) in [7, 11) is 0. The monoisotopic (exact) mass is 323 g/mol. The maximum absolute atomic E-state index is 12.4. The number of carbonyl (C=O) groups is 1. The number of rotatable bonds is 3. The van der Waals surface area contributed by atoms with Gasteiger partial charge in [-0.3, -0.25) is 14.2 Å². The molecule has 0 bridgehead atoms. The molecule has 6 heteroatoms. The summed E-state index contributed by atoms with van der Waals surface area (Å²) in [6.45, 7) is 2.58. The number of carbonyl (C=O) groups excluding carboxylic acids is 1. The number of nitrogens with one attached hydrogen (secondary N) is 1. The summed E-state index contributed by atoms with van der Waals surface area (Å²) in [5.74, 6) is 1.27. The van der Waals surface area contributed by atoms with E-state index in [0.717, 1.165) is 25.2 Å². The van der Waals surface area contributed by atoms with Crippen LogP contribution in [0.5, 0.6) is 0 Å². The van der Waals surface area contributed by atoms with Crippen LogP contribution in [0.3, 0.4) is 0 Å². The first-order chi connectivity index (χ1) is 11.6. The predicted molar refractivity (Wildman–Crippen MR) is 88.9 cm³/mol. The molecule has 1 aliphatic heterocycles. The van der Waals surface area contributed by atoms with Gasteiger partial charge in [-0.15, -0.1) is 0 Å². The molecule has 24 heavy (non-hydrogen) atoms. The van der Waals surface area contributed by atoms with Crippen LogP contribution in [0.2, 0.25) is 0 Å². The third-order valence-electron chi connectivity index (χ3n) is 4.40. The maximum atomic E-state index is 12.4. The lowest BCUT2D eigenvalue weighted by atomic mass is 10.1. The number of nitrogens with zero attached hydrogens (tertiary/aromatic N) is 2. The van der Waals surface area contributed by atoms with Gasteiger partial charge in [0, 0.05) is 18.5 Å². The standard InChI is InChI=1S/C18H17N3O3/c1-11(15-4-3-9-24-15)19-17(22)12-6-7-13-14(10-12)20-16-5-2-8-21(16)18(13)23/h3-4,6-7,9-11H,2,5,8H2,1H3,(H,19,22). The number of aryl methyl sites for hydroxylation is 1. The quantitative estimate of drug-likeness (QED) is 0.803. The molecule has 122 valence electrons. The second kappa shape index (κ2) is 5.63. The van der Waals surface area contributed by atoms with E-state index in [1.165, 1.54) is 0 Å². The highest BCUT2D eigenvalue weighted by atomic mass is 16.3. The van der Waals surface area contributed by atoms with Crippen LogP contribution in [-0.2, 0) is 13.0 Å². The highest BCUT2D eigenvalue weighted by Crippen LogP contribution is 2.17. The van der Waals surface area contributed by atoms with E-state index in [1.807, 2.05) is 13.0 Å². The van der Waals surface area contributed by atoms with Gasteiger partial charge in [0.25, 0.3) is 11.5 Å². The van der Waals surface area contributed by atoms with Crippen LogP contribution >= 0.6 is 0 Å². The minimum absolute atomic E-state index is 0.0246. The van der Waals surface area contributed by atoms with Gasteiger partial charge in [-0.25, -0.2) is 4.98 Å². The molecular weight excluding hydrogens is 306 g/mol. The number of aromatic nitrogens is 2. The maximum Gasteiger partial charge on any atom is 0.261 e. The van der Waals surface area contributed by atoms with E-state index >= 15 is 0 Å². The Morgan fingerprint density at radius 3 is 3.04 bits per heavy atom. The number of fused-ring (bicyclic) bond motifs is 2. The second-order valence-corrected chi connectivity index (χ2v) is 6.03. The summed E-state index contributed by atoms with van der Waals surface area (Å²) in [5, 5.41) is 3.44. The van der Waals surface area contributed by atoms with Crippen LogP contribution < -0.4 is 10.9 Å². The van der Waals surface area contributed by atoms with Gasteiger partial charge in [-0.1, -0.05) is 0 Å². The van der Waals surface area contributed by atoms with Crippen LogP contribution in [-0.4, -0.2) is 15.5 Å². The van der Waals surface area contributed by atoms with E-state index in [9.17, 15) is 9.59 Å². The average Bonchev–Trinajstić information content (AvgIpc) is 3.26. The number of hydrogen-bond donors (Lipinski definition) is 1. The van der Waals surface area contributed by atoms with Crippen molar-refractivity contribution >= 4 is 16.8 Å². The van der Waals surface area contributed by atoms with Crippen LogP contribution in [0, 0.1) is 0 Å². The fourth-order valence-corrected chi connectivity index (χ4v) is 3.11. The Hall–Kier alpha value is -2.89. The van der Waals surface area contributed by atoms with E-state index in [2.05, 4.69) is 10.3 Å².